The smallest absolute Gasteiger partial charge is 0.326 e. The highest BCUT2D eigenvalue weighted by molar-refractivity contribution is 5.94. The number of nitrogens with two attached hydrogens (primary N) is 1. The zero-order chi connectivity index (χ0) is 22.9. The number of nitrogens with one attached hydrogen (secondary N) is 3. The molecule has 0 fully saturated rings. The molecule has 0 aromatic rings. The number of rotatable bonds is 12. The molecule has 168 valence electrons. The molecule has 29 heavy (non-hydrogen) atoms. The van der Waals surface area contributed by atoms with Crippen molar-refractivity contribution in [3.8, 4) is 0 Å². The summed E-state index contributed by atoms with van der Waals surface area (Å²) in [6.45, 7) is 12.4. The summed E-state index contributed by atoms with van der Waals surface area (Å²) < 4.78 is 0. The van der Waals surface area contributed by atoms with Crippen molar-refractivity contribution < 1.29 is 24.3 Å². The van der Waals surface area contributed by atoms with Crippen LogP contribution in [0.15, 0.2) is 0 Å². The van der Waals surface area contributed by atoms with Crippen LogP contribution in [-0.4, -0.2) is 53.0 Å². The zero-order valence-electron chi connectivity index (χ0n) is 18.6. The summed E-state index contributed by atoms with van der Waals surface area (Å²) in [5.41, 5.74) is 5.83. The van der Waals surface area contributed by atoms with E-state index in [1.807, 2.05) is 20.8 Å². The third kappa shape index (κ3) is 9.25. The van der Waals surface area contributed by atoms with E-state index in [0.717, 1.165) is 0 Å². The second-order valence-electron chi connectivity index (χ2n) is 8.41. The fourth-order valence-corrected chi connectivity index (χ4v) is 2.74. The Kier molecular flexibility index (Phi) is 11.5. The molecule has 0 saturated carbocycles. The molecule has 0 saturated heterocycles. The number of carbonyl (C=O) groups is 4. The van der Waals surface area contributed by atoms with Gasteiger partial charge >= 0.3 is 5.97 Å². The van der Waals surface area contributed by atoms with Gasteiger partial charge < -0.3 is 26.8 Å². The Morgan fingerprint density at radius 3 is 1.76 bits per heavy atom. The van der Waals surface area contributed by atoms with E-state index in [4.69, 9.17) is 5.73 Å². The molecular formula is C20H38N4O5. The molecule has 5 atom stereocenters. The molecule has 0 aliphatic carbocycles. The number of carbonyl (C=O) groups excluding carboxylic acids is 3. The number of hydrogen-bond donors (Lipinski definition) is 5. The predicted octanol–water partition coefficient (Wildman–Crippen LogP) is 0.621. The van der Waals surface area contributed by atoms with E-state index in [9.17, 15) is 24.3 Å². The maximum atomic E-state index is 12.6. The fourth-order valence-electron chi connectivity index (χ4n) is 2.74. The van der Waals surface area contributed by atoms with Gasteiger partial charge in [0.15, 0.2) is 0 Å². The van der Waals surface area contributed by atoms with Crippen LogP contribution in [0.3, 0.4) is 0 Å². The van der Waals surface area contributed by atoms with Crippen molar-refractivity contribution in [2.75, 3.05) is 0 Å². The molecule has 0 rings (SSSR count). The summed E-state index contributed by atoms with van der Waals surface area (Å²) in [4.78, 5) is 48.7. The Balaban J connectivity index is 5.05. The van der Waals surface area contributed by atoms with E-state index in [2.05, 4.69) is 16.0 Å². The number of hydrogen-bond acceptors (Lipinski definition) is 5. The molecule has 3 amide bonds. The molecular weight excluding hydrogens is 376 g/mol. The van der Waals surface area contributed by atoms with E-state index < -0.39 is 47.9 Å². The zero-order valence-corrected chi connectivity index (χ0v) is 18.6. The average molecular weight is 415 g/mol. The summed E-state index contributed by atoms with van der Waals surface area (Å²) >= 11 is 0. The van der Waals surface area contributed by atoms with E-state index in [1.54, 1.807) is 20.8 Å². The number of aliphatic carboxylic acids is 1. The van der Waals surface area contributed by atoms with E-state index >= 15 is 0 Å². The van der Waals surface area contributed by atoms with Crippen LogP contribution in [0.5, 0.6) is 0 Å². The molecule has 5 unspecified atom stereocenters. The SMILES string of the molecule is CCC(C)C(NC(=O)C(NC(=O)C(C)NC(=O)C(N)CC(C)C)C(C)C)C(=O)O. The van der Waals surface area contributed by atoms with Crippen LogP contribution < -0.4 is 21.7 Å². The maximum absolute atomic E-state index is 12.6. The lowest BCUT2D eigenvalue weighted by atomic mass is 9.97. The standard InChI is InChI=1S/C20H38N4O5/c1-8-12(6)16(20(28)29)24-19(27)15(11(4)5)23-17(25)13(7)22-18(26)14(21)9-10(2)3/h10-16H,8-9,21H2,1-7H3,(H,22,26)(H,23,25)(H,24,27)(H,28,29). The first-order valence-corrected chi connectivity index (χ1v) is 10.2. The van der Waals surface area contributed by atoms with Crippen LogP contribution in [0.2, 0.25) is 0 Å². The van der Waals surface area contributed by atoms with Gasteiger partial charge in [0.1, 0.15) is 18.1 Å². The van der Waals surface area contributed by atoms with Crippen molar-refractivity contribution in [2.24, 2.45) is 23.5 Å². The molecule has 6 N–H and O–H groups in total. The summed E-state index contributed by atoms with van der Waals surface area (Å²) in [6.07, 6.45) is 1.07. The highest BCUT2D eigenvalue weighted by Crippen LogP contribution is 2.10. The fraction of sp³-hybridized carbons (Fsp3) is 0.800. The van der Waals surface area contributed by atoms with Crippen LogP contribution in [0.1, 0.15) is 61.3 Å². The van der Waals surface area contributed by atoms with E-state index in [-0.39, 0.29) is 17.8 Å². The van der Waals surface area contributed by atoms with Crippen molar-refractivity contribution >= 4 is 23.7 Å². The number of amides is 3. The molecule has 0 aliphatic rings. The Morgan fingerprint density at radius 2 is 1.34 bits per heavy atom. The van der Waals surface area contributed by atoms with Crippen LogP contribution in [-0.2, 0) is 19.2 Å². The predicted molar refractivity (Wildman–Crippen MR) is 111 cm³/mol. The molecule has 9 nitrogen and oxygen atoms in total. The van der Waals surface area contributed by atoms with Gasteiger partial charge in [-0.1, -0.05) is 48.0 Å². The highest BCUT2D eigenvalue weighted by Gasteiger charge is 2.32. The summed E-state index contributed by atoms with van der Waals surface area (Å²) in [5.74, 6) is -2.98. The van der Waals surface area contributed by atoms with Crippen molar-refractivity contribution in [2.45, 2.75) is 85.5 Å². The summed E-state index contributed by atoms with van der Waals surface area (Å²) in [6, 6.07) is -3.59. The van der Waals surface area contributed by atoms with Crippen molar-refractivity contribution in [3.05, 3.63) is 0 Å². The minimum Gasteiger partial charge on any atom is -0.480 e. The molecule has 0 aliphatic heterocycles. The average Bonchev–Trinajstić information content (AvgIpc) is 2.61. The van der Waals surface area contributed by atoms with Gasteiger partial charge in [-0.15, -0.1) is 0 Å². The molecule has 9 heteroatoms. The van der Waals surface area contributed by atoms with Gasteiger partial charge in [-0.05, 0) is 31.1 Å². The van der Waals surface area contributed by atoms with Gasteiger partial charge in [-0.2, -0.15) is 0 Å². The first-order chi connectivity index (χ1) is 13.3. The monoisotopic (exact) mass is 414 g/mol. The van der Waals surface area contributed by atoms with Crippen LogP contribution in [0.4, 0.5) is 0 Å². The van der Waals surface area contributed by atoms with Gasteiger partial charge in [0.05, 0.1) is 6.04 Å². The van der Waals surface area contributed by atoms with Crippen molar-refractivity contribution in [1.82, 2.24) is 16.0 Å². The quantitative estimate of drug-likeness (QED) is 0.316. The first-order valence-electron chi connectivity index (χ1n) is 10.2. The van der Waals surface area contributed by atoms with Crippen LogP contribution in [0.25, 0.3) is 0 Å². The molecule has 0 bridgehead atoms. The minimum atomic E-state index is -1.12. The van der Waals surface area contributed by atoms with Gasteiger partial charge in [-0.25, -0.2) is 4.79 Å². The van der Waals surface area contributed by atoms with Crippen LogP contribution in [0, 0.1) is 17.8 Å². The van der Waals surface area contributed by atoms with E-state index in [1.165, 1.54) is 6.92 Å². The molecule has 0 aromatic carbocycles. The first kappa shape index (κ1) is 26.8. The largest absolute Gasteiger partial charge is 0.480 e. The van der Waals surface area contributed by atoms with Gasteiger partial charge in [-0.3, -0.25) is 14.4 Å². The molecule has 0 spiro atoms. The second-order valence-corrected chi connectivity index (χ2v) is 8.41. The lowest BCUT2D eigenvalue weighted by molar-refractivity contribution is -0.144. The lowest BCUT2D eigenvalue weighted by Crippen LogP contribution is -2.58. The second kappa shape index (κ2) is 12.4. The molecule has 0 aromatic heterocycles. The van der Waals surface area contributed by atoms with Crippen LogP contribution >= 0.6 is 0 Å². The normalized spacial score (nSPS) is 16.5. The van der Waals surface area contributed by atoms with Crippen molar-refractivity contribution in [1.29, 1.82) is 0 Å². The molecule has 0 heterocycles. The van der Waals surface area contributed by atoms with Gasteiger partial charge in [0.2, 0.25) is 17.7 Å². The Hall–Kier alpha value is -2.16. The summed E-state index contributed by atoms with van der Waals surface area (Å²) in [5, 5.41) is 17.0. The highest BCUT2D eigenvalue weighted by atomic mass is 16.4. The minimum absolute atomic E-state index is 0.238. The van der Waals surface area contributed by atoms with Crippen molar-refractivity contribution in [3.63, 3.8) is 0 Å². The Bertz CT molecular complexity index is 579. The molecule has 0 radical (unpaired) electrons. The lowest BCUT2D eigenvalue weighted by Gasteiger charge is -2.27. The maximum Gasteiger partial charge on any atom is 0.326 e. The van der Waals surface area contributed by atoms with E-state index in [0.29, 0.717) is 12.8 Å². The van der Waals surface area contributed by atoms with Gasteiger partial charge in [0, 0.05) is 0 Å². The summed E-state index contributed by atoms with van der Waals surface area (Å²) in [7, 11) is 0. The number of carboxylic acid groups (broad SMARTS) is 1. The Morgan fingerprint density at radius 1 is 0.828 bits per heavy atom. The Labute approximate surface area is 173 Å². The van der Waals surface area contributed by atoms with Gasteiger partial charge in [0.25, 0.3) is 0 Å². The third-order valence-corrected chi connectivity index (χ3v) is 4.84. The number of carboxylic acids is 1. The topological polar surface area (TPSA) is 151 Å². The third-order valence-electron chi connectivity index (χ3n) is 4.84.